The Hall–Kier alpha value is -0.0900. The highest BCUT2D eigenvalue weighted by Crippen LogP contribution is 1.87. The molecule has 0 aliphatic carbocycles. The topological polar surface area (TPSA) is 46.5 Å². The lowest BCUT2D eigenvalue weighted by Gasteiger charge is -1.95. The molecule has 0 aromatic rings. The Kier molecular flexibility index (Phi) is 5.98. The Labute approximate surface area is 62.1 Å². The average Bonchev–Trinajstić information content (AvgIpc) is 1.80. The van der Waals surface area contributed by atoms with Gasteiger partial charge in [-0.25, -0.2) is 4.79 Å². The van der Waals surface area contributed by atoms with Crippen LogP contribution in [0.15, 0.2) is 0 Å². The van der Waals surface area contributed by atoms with Crippen LogP contribution in [0.3, 0.4) is 0 Å². The van der Waals surface area contributed by atoms with Crippen LogP contribution in [-0.2, 0) is 9.53 Å². The summed E-state index contributed by atoms with van der Waals surface area (Å²) >= 11 is 3.19. The van der Waals surface area contributed by atoms with Crippen LogP contribution in [0.5, 0.6) is 0 Å². The van der Waals surface area contributed by atoms with Gasteiger partial charge in [0.1, 0.15) is 6.61 Å². The lowest BCUT2D eigenvalue weighted by Crippen LogP contribution is -2.07. The molecular formula is C5H9BrO3. The summed E-state index contributed by atoms with van der Waals surface area (Å²) in [4.78, 5) is 9.83. The Bertz CT molecular complexity index is 84.3. The minimum Gasteiger partial charge on any atom is -0.480 e. The largest absolute Gasteiger partial charge is 0.480 e. The number of carboxylic acids is 1. The first-order chi connectivity index (χ1) is 4.27. The predicted octanol–water partition coefficient (Wildman–Crippen LogP) is 0.873. The molecule has 0 unspecified atom stereocenters. The maximum atomic E-state index is 9.83. The molecule has 0 aliphatic rings. The van der Waals surface area contributed by atoms with Gasteiger partial charge in [-0.3, -0.25) is 0 Å². The van der Waals surface area contributed by atoms with Crippen LogP contribution < -0.4 is 0 Å². The maximum Gasteiger partial charge on any atom is 0.329 e. The zero-order chi connectivity index (χ0) is 7.11. The molecule has 0 bridgehead atoms. The molecule has 9 heavy (non-hydrogen) atoms. The number of halogens is 1. The van der Waals surface area contributed by atoms with Crippen molar-refractivity contribution in [2.45, 2.75) is 6.42 Å². The molecule has 54 valence electrons. The molecule has 0 rings (SSSR count). The standard InChI is InChI=1S/C5H9BrO3/c6-2-1-3-9-4-5(7)8/h1-4H2,(H,7,8). The van der Waals surface area contributed by atoms with E-state index >= 15 is 0 Å². The van der Waals surface area contributed by atoms with Crippen molar-refractivity contribution in [2.75, 3.05) is 18.5 Å². The van der Waals surface area contributed by atoms with Crippen LogP contribution >= 0.6 is 15.9 Å². The molecule has 0 saturated carbocycles. The van der Waals surface area contributed by atoms with Crippen molar-refractivity contribution in [3.05, 3.63) is 0 Å². The van der Waals surface area contributed by atoms with E-state index in [4.69, 9.17) is 9.84 Å². The number of ether oxygens (including phenoxy) is 1. The maximum absolute atomic E-state index is 9.83. The highest BCUT2D eigenvalue weighted by atomic mass is 79.9. The summed E-state index contributed by atoms with van der Waals surface area (Å²) in [5, 5.41) is 8.93. The zero-order valence-corrected chi connectivity index (χ0v) is 6.56. The van der Waals surface area contributed by atoms with Crippen molar-refractivity contribution < 1.29 is 14.6 Å². The van der Waals surface area contributed by atoms with E-state index in [1.54, 1.807) is 0 Å². The first-order valence-corrected chi connectivity index (χ1v) is 3.75. The van der Waals surface area contributed by atoms with Gasteiger partial charge in [-0.05, 0) is 6.42 Å². The Morgan fingerprint density at radius 1 is 1.67 bits per heavy atom. The first kappa shape index (κ1) is 8.91. The van der Waals surface area contributed by atoms with E-state index in [0.717, 1.165) is 11.8 Å². The van der Waals surface area contributed by atoms with Crippen LogP contribution in [0.4, 0.5) is 0 Å². The second-order valence-corrected chi connectivity index (χ2v) is 2.28. The molecule has 3 nitrogen and oxygen atoms in total. The van der Waals surface area contributed by atoms with Gasteiger partial charge < -0.3 is 9.84 Å². The second-order valence-electron chi connectivity index (χ2n) is 1.49. The van der Waals surface area contributed by atoms with Crippen LogP contribution in [0.1, 0.15) is 6.42 Å². The summed E-state index contributed by atoms with van der Waals surface area (Å²) in [6.45, 7) is 0.324. The fraction of sp³-hybridized carbons (Fsp3) is 0.800. The Morgan fingerprint density at radius 2 is 2.33 bits per heavy atom. The van der Waals surface area contributed by atoms with Gasteiger partial charge in [0.15, 0.2) is 0 Å². The molecule has 0 saturated heterocycles. The number of carboxylic acid groups (broad SMARTS) is 1. The fourth-order valence-corrected chi connectivity index (χ4v) is 0.545. The summed E-state index contributed by atoms with van der Waals surface area (Å²) in [6.07, 6.45) is 0.854. The Morgan fingerprint density at radius 3 is 2.78 bits per heavy atom. The predicted molar refractivity (Wildman–Crippen MR) is 36.9 cm³/mol. The van der Waals surface area contributed by atoms with E-state index in [1.165, 1.54) is 0 Å². The van der Waals surface area contributed by atoms with Gasteiger partial charge in [0.2, 0.25) is 0 Å². The molecule has 0 aromatic carbocycles. The SMILES string of the molecule is O=C(O)COCCCBr. The minimum absolute atomic E-state index is 0.188. The molecule has 0 radical (unpaired) electrons. The quantitative estimate of drug-likeness (QED) is 0.525. The third-order valence-corrected chi connectivity index (χ3v) is 1.21. The van der Waals surface area contributed by atoms with Gasteiger partial charge in [0.25, 0.3) is 0 Å². The van der Waals surface area contributed by atoms with Gasteiger partial charge >= 0.3 is 5.97 Å². The number of alkyl halides is 1. The van der Waals surface area contributed by atoms with E-state index in [9.17, 15) is 4.79 Å². The van der Waals surface area contributed by atoms with Crippen molar-refractivity contribution in [2.24, 2.45) is 0 Å². The van der Waals surface area contributed by atoms with Gasteiger partial charge in [-0.2, -0.15) is 0 Å². The Balaban J connectivity index is 2.83. The first-order valence-electron chi connectivity index (χ1n) is 2.63. The van der Waals surface area contributed by atoms with Crippen LogP contribution in [0.2, 0.25) is 0 Å². The van der Waals surface area contributed by atoms with E-state index in [-0.39, 0.29) is 6.61 Å². The third-order valence-electron chi connectivity index (χ3n) is 0.648. The van der Waals surface area contributed by atoms with E-state index in [0.29, 0.717) is 6.61 Å². The van der Waals surface area contributed by atoms with E-state index in [2.05, 4.69) is 15.9 Å². The van der Waals surface area contributed by atoms with Crippen LogP contribution in [0, 0.1) is 0 Å². The molecule has 0 atom stereocenters. The van der Waals surface area contributed by atoms with E-state index < -0.39 is 5.97 Å². The smallest absolute Gasteiger partial charge is 0.329 e. The fourth-order valence-electron chi connectivity index (χ4n) is 0.316. The summed E-state index contributed by atoms with van der Waals surface area (Å²) in [5.41, 5.74) is 0. The summed E-state index contributed by atoms with van der Waals surface area (Å²) < 4.78 is 4.71. The molecule has 0 spiro atoms. The molecule has 0 aliphatic heterocycles. The third kappa shape index (κ3) is 7.91. The average molecular weight is 197 g/mol. The van der Waals surface area contributed by atoms with Crippen molar-refractivity contribution in [1.82, 2.24) is 0 Å². The second kappa shape index (κ2) is 6.04. The number of rotatable bonds is 5. The highest BCUT2D eigenvalue weighted by molar-refractivity contribution is 9.09. The zero-order valence-electron chi connectivity index (χ0n) is 4.97. The summed E-state index contributed by atoms with van der Waals surface area (Å²) in [5.74, 6) is -0.912. The molecule has 4 heteroatoms. The number of aliphatic carboxylic acids is 1. The number of hydrogen-bond donors (Lipinski definition) is 1. The lowest BCUT2D eigenvalue weighted by atomic mass is 10.5. The summed E-state index contributed by atoms with van der Waals surface area (Å²) in [6, 6.07) is 0. The highest BCUT2D eigenvalue weighted by Gasteiger charge is 1.93. The lowest BCUT2D eigenvalue weighted by molar-refractivity contribution is -0.142. The van der Waals surface area contributed by atoms with Gasteiger partial charge in [0, 0.05) is 11.9 Å². The van der Waals surface area contributed by atoms with E-state index in [1.807, 2.05) is 0 Å². The van der Waals surface area contributed by atoms with Crippen molar-refractivity contribution in [1.29, 1.82) is 0 Å². The van der Waals surface area contributed by atoms with Gasteiger partial charge in [0.05, 0.1) is 0 Å². The van der Waals surface area contributed by atoms with Crippen molar-refractivity contribution >= 4 is 21.9 Å². The normalized spacial score (nSPS) is 9.44. The van der Waals surface area contributed by atoms with Crippen LogP contribution in [-0.4, -0.2) is 29.6 Å². The van der Waals surface area contributed by atoms with Crippen molar-refractivity contribution in [3.8, 4) is 0 Å². The summed E-state index contributed by atoms with van der Waals surface area (Å²) in [7, 11) is 0. The van der Waals surface area contributed by atoms with Gasteiger partial charge in [-0.1, -0.05) is 15.9 Å². The minimum atomic E-state index is -0.912. The molecule has 1 N–H and O–H groups in total. The molecule has 0 fully saturated rings. The number of hydrogen-bond acceptors (Lipinski definition) is 2. The monoisotopic (exact) mass is 196 g/mol. The van der Waals surface area contributed by atoms with Gasteiger partial charge in [-0.15, -0.1) is 0 Å². The molecule has 0 aromatic heterocycles. The van der Waals surface area contributed by atoms with Crippen molar-refractivity contribution in [3.63, 3.8) is 0 Å². The molecular weight excluding hydrogens is 188 g/mol. The molecule has 0 heterocycles. The molecule has 0 amide bonds. The van der Waals surface area contributed by atoms with Crippen LogP contribution in [0.25, 0.3) is 0 Å². The number of carbonyl (C=O) groups is 1.